The van der Waals surface area contributed by atoms with Crippen molar-refractivity contribution in [2.75, 3.05) is 6.61 Å². The van der Waals surface area contributed by atoms with Crippen molar-refractivity contribution in [1.82, 2.24) is 5.32 Å². The van der Waals surface area contributed by atoms with Gasteiger partial charge < -0.3 is 14.9 Å². The van der Waals surface area contributed by atoms with Crippen LogP contribution in [0.25, 0.3) is 0 Å². The van der Waals surface area contributed by atoms with E-state index >= 15 is 0 Å². The van der Waals surface area contributed by atoms with Crippen molar-refractivity contribution in [3.63, 3.8) is 0 Å². The van der Waals surface area contributed by atoms with Crippen LogP contribution in [0.2, 0.25) is 5.02 Å². The number of esters is 1. The highest BCUT2D eigenvalue weighted by molar-refractivity contribution is 6.30. The van der Waals surface area contributed by atoms with Crippen molar-refractivity contribution in [3.05, 3.63) is 70.2 Å². The number of carboxylic acid groups (broad SMARTS) is 2. The number of rotatable bonds is 6. The molecule has 0 bridgehead atoms. The fourth-order valence-electron chi connectivity index (χ4n) is 3.77. The second-order valence-electron chi connectivity index (χ2n) is 6.74. The second kappa shape index (κ2) is 8.63. The maximum Gasteiger partial charge on any atom is 0.338 e. The van der Waals surface area contributed by atoms with E-state index in [1.54, 1.807) is 43.3 Å². The molecule has 7 nitrogen and oxygen atoms in total. The number of hydrogen-bond acceptors (Lipinski definition) is 5. The topological polar surface area (TPSA) is 113 Å². The van der Waals surface area contributed by atoms with Crippen LogP contribution >= 0.6 is 11.6 Å². The zero-order valence-corrected chi connectivity index (χ0v) is 16.3. The molecule has 1 aliphatic heterocycles. The Labute approximate surface area is 172 Å². The fourth-order valence-corrected chi connectivity index (χ4v) is 3.89. The van der Waals surface area contributed by atoms with E-state index in [2.05, 4.69) is 5.32 Å². The van der Waals surface area contributed by atoms with Crippen LogP contribution < -0.4 is 5.32 Å². The molecule has 0 amide bonds. The molecule has 1 fully saturated rings. The van der Waals surface area contributed by atoms with E-state index in [1.807, 2.05) is 0 Å². The van der Waals surface area contributed by atoms with Crippen molar-refractivity contribution >= 4 is 29.5 Å². The number of carbonyl (C=O) groups is 3. The van der Waals surface area contributed by atoms with E-state index in [0.29, 0.717) is 21.7 Å². The Kier molecular flexibility index (Phi) is 6.20. The molecule has 1 saturated heterocycles. The summed E-state index contributed by atoms with van der Waals surface area (Å²) in [6.45, 7) is 1.93. The molecule has 29 heavy (non-hydrogen) atoms. The van der Waals surface area contributed by atoms with Gasteiger partial charge in [-0.2, -0.15) is 0 Å². The smallest absolute Gasteiger partial charge is 0.338 e. The first-order chi connectivity index (χ1) is 13.8. The number of hydrogen-bond donors (Lipinski definition) is 3. The van der Waals surface area contributed by atoms with E-state index in [9.17, 15) is 24.6 Å². The molecule has 152 valence electrons. The zero-order chi connectivity index (χ0) is 21.1. The van der Waals surface area contributed by atoms with Gasteiger partial charge in [-0.05, 0) is 42.3 Å². The summed E-state index contributed by atoms with van der Waals surface area (Å²) in [7, 11) is 0. The van der Waals surface area contributed by atoms with Crippen LogP contribution in [0, 0.1) is 5.92 Å². The number of halogens is 1. The molecular weight excluding hydrogens is 398 g/mol. The Morgan fingerprint density at radius 2 is 1.55 bits per heavy atom. The summed E-state index contributed by atoms with van der Waals surface area (Å²) in [5, 5.41) is 23.1. The van der Waals surface area contributed by atoms with Gasteiger partial charge in [0.05, 0.1) is 18.1 Å². The first-order valence-electron chi connectivity index (χ1n) is 9.07. The lowest BCUT2D eigenvalue weighted by molar-refractivity contribution is -0.143. The van der Waals surface area contributed by atoms with Crippen LogP contribution in [-0.4, -0.2) is 40.8 Å². The molecule has 4 atom stereocenters. The average molecular weight is 418 g/mol. The first-order valence-corrected chi connectivity index (χ1v) is 9.45. The van der Waals surface area contributed by atoms with Gasteiger partial charge >= 0.3 is 17.9 Å². The highest BCUT2D eigenvalue weighted by Crippen LogP contribution is 2.44. The molecule has 0 aliphatic carbocycles. The third kappa shape index (κ3) is 4.26. The lowest BCUT2D eigenvalue weighted by Gasteiger charge is -2.22. The van der Waals surface area contributed by atoms with Crippen LogP contribution in [0.1, 0.15) is 40.4 Å². The minimum atomic E-state index is -1.15. The highest BCUT2D eigenvalue weighted by atomic mass is 35.5. The molecule has 0 radical (unpaired) electrons. The number of ether oxygens (including phenoxy) is 1. The van der Waals surface area contributed by atoms with Crippen molar-refractivity contribution in [3.8, 4) is 0 Å². The summed E-state index contributed by atoms with van der Waals surface area (Å²) < 4.78 is 4.95. The van der Waals surface area contributed by atoms with Crippen LogP contribution in [0.3, 0.4) is 0 Å². The zero-order valence-electron chi connectivity index (χ0n) is 15.5. The summed E-state index contributed by atoms with van der Waals surface area (Å²) in [6.07, 6.45) is 0. The number of benzene rings is 2. The van der Waals surface area contributed by atoms with Gasteiger partial charge in [0.15, 0.2) is 0 Å². The fraction of sp³-hybridized carbons (Fsp3) is 0.286. The van der Waals surface area contributed by atoms with E-state index < -0.39 is 41.8 Å². The molecule has 1 aliphatic rings. The summed E-state index contributed by atoms with van der Waals surface area (Å²) in [4.78, 5) is 35.9. The molecule has 0 saturated carbocycles. The molecule has 3 N–H and O–H groups in total. The van der Waals surface area contributed by atoms with Gasteiger partial charge in [-0.3, -0.25) is 14.9 Å². The van der Waals surface area contributed by atoms with Crippen LogP contribution in [0.4, 0.5) is 0 Å². The van der Waals surface area contributed by atoms with E-state index in [1.165, 1.54) is 12.1 Å². The minimum Gasteiger partial charge on any atom is -0.481 e. The van der Waals surface area contributed by atoms with Crippen LogP contribution in [0.5, 0.6) is 0 Å². The van der Waals surface area contributed by atoms with E-state index in [0.717, 1.165) is 0 Å². The standard InChI is InChI=1S/C21H20ClNO6/c1-2-29-21(28)13-5-3-11(4-6-13)15-16(19(24)25)17(23-18(15)20(26)27)12-7-9-14(22)10-8-12/h3-10,15-18,23H,2H2,1H3,(H,24,25)(H,26,27). The first kappa shape index (κ1) is 20.8. The summed E-state index contributed by atoms with van der Waals surface area (Å²) in [5.41, 5.74) is 1.47. The summed E-state index contributed by atoms with van der Waals surface area (Å²) in [5.74, 6) is -4.60. The van der Waals surface area contributed by atoms with Gasteiger partial charge in [0.2, 0.25) is 0 Å². The molecule has 4 unspecified atom stereocenters. The van der Waals surface area contributed by atoms with Gasteiger partial charge in [-0.1, -0.05) is 35.9 Å². The molecule has 1 heterocycles. The quantitative estimate of drug-likeness (QED) is 0.619. The minimum absolute atomic E-state index is 0.234. The van der Waals surface area contributed by atoms with Crippen LogP contribution in [-0.2, 0) is 14.3 Å². The average Bonchev–Trinajstić information content (AvgIpc) is 3.10. The Bertz CT molecular complexity index is 912. The lowest BCUT2D eigenvalue weighted by Crippen LogP contribution is -2.35. The Hall–Kier alpha value is -2.90. The number of aliphatic carboxylic acids is 2. The highest BCUT2D eigenvalue weighted by Gasteiger charge is 2.51. The van der Waals surface area contributed by atoms with E-state index in [4.69, 9.17) is 16.3 Å². The van der Waals surface area contributed by atoms with Gasteiger partial charge in [0.25, 0.3) is 0 Å². The third-order valence-corrected chi connectivity index (χ3v) is 5.30. The SMILES string of the molecule is CCOC(=O)c1ccc(C2C(C(=O)O)NC(c3ccc(Cl)cc3)C2C(=O)O)cc1. The Morgan fingerprint density at radius 3 is 2.07 bits per heavy atom. The van der Waals surface area contributed by atoms with Gasteiger partial charge in [-0.15, -0.1) is 0 Å². The predicted octanol–water partition coefficient (Wildman–Crippen LogP) is 3.10. The van der Waals surface area contributed by atoms with Gasteiger partial charge in [0, 0.05) is 17.0 Å². The van der Waals surface area contributed by atoms with Crippen molar-refractivity contribution < 1.29 is 29.3 Å². The monoisotopic (exact) mass is 417 g/mol. The Morgan fingerprint density at radius 1 is 0.966 bits per heavy atom. The largest absolute Gasteiger partial charge is 0.481 e. The van der Waals surface area contributed by atoms with Crippen LogP contribution in [0.15, 0.2) is 48.5 Å². The summed E-state index contributed by atoms with van der Waals surface area (Å²) >= 11 is 5.92. The molecular formula is C21H20ClNO6. The van der Waals surface area contributed by atoms with E-state index in [-0.39, 0.29) is 6.61 Å². The maximum atomic E-state index is 12.1. The van der Waals surface area contributed by atoms with Crippen molar-refractivity contribution in [2.24, 2.45) is 5.92 Å². The van der Waals surface area contributed by atoms with Gasteiger partial charge in [-0.25, -0.2) is 4.79 Å². The lowest BCUT2D eigenvalue weighted by atomic mass is 9.80. The molecule has 2 aromatic rings. The Balaban J connectivity index is 1.99. The number of carbonyl (C=O) groups excluding carboxylic acids is 1. The number of nitrogens with one attached hydrogen (secondary N) is 1. The number of carboxylic acids is 2. The molecule has 8 heteroatoms. The molecule has 0 aromatic heterocycles. The maximum absolute atomic E-state index is 12.1. The van der Waals surface area contributed by atoms with Crippen molar-refractivity contribution in [1.29, 1.82) is 0 Å². The molecule has 2 aromatic carbocycles. The normalized spacial score (nSPS) is 23.5. The van der Waals surface area contributed by atoms with Crippen molar-refractivity contribution in [2.45, 2.75) is 24.9 Å². The van der Waals surface area contributed by atoms with Gasteiger partial charge in [0.1, 0.15) is 6.04 Å². The predicted molar refractivity (Wildman–Crippen MR) is 105 cm³/mol. The third-order valence-electron chi connectivity index (χ3n) is 5.05. The molecule has 0 spiro atoms. The molecule has 3 rings (SSSR count). The second-order valence-corrected chi connectivity index (χ2v) is 7.18. The summed E-state index contributed by atoms with van der Waals surface area (Å²) in [6, 6.07) is 11.0.